The van der Waals surface area contributed by atoms with Gasteiger partial charge in [-0.15, -0.1) is 0 Å². The molecular formula is C14H15BrN2O. The largest absolute Gasteiger partial charge is 0.496 e. The summed E-state index contributed by atoms with van der Waals surface area (Å²) in [7, 11) is 1.66. The zero-order valence-electron chi connectivity index (χ0n) is 10.2. The molecule has 0 aliphatic rings. The van der Waals surface area contributed by atoms with E-state index in [9.17, 15) is 0 Å². The predicted octanol–water partition coefficient (Wildman–Crippen LogP) is 3.51. The first-order valence-electron chi connectivity index (χ1n) is 5.76. The molecule has 1 aromatic heterocycles. The van der Waals surface area contributed by atoms with Crippen molar-refractivity contribution in [2.24, 2.45) is 0 Å². The Hall–Kier alpha value is -1.55. The fourth-order valence-corrected chi connectivity index (χ4v) is 2.22. The molecule has 94 valence electrons. The van der Waals surface area contributed by atoms with E-state index in [0.29, 0.717) is 0 Å². The minimum atomic E-state index is 0.842. The SMILES string of the molecule is COc1ccc(NCCc2ccncc2)cc1Br. The molecule has 0 fully saturated rings. The lowest BCUT2D eigenvalue weighted by molar-refractivity contribution is 0.412. The van der Waals surface area contributed by atoms with E-state index < -0.39 is 0 Å². The number of benzene rings is 1. The van der Waals surface area contributed by atoms with Crippen molar-refractivity contribution in [1.29, 1.82) is 0 Å². The Balaban J connectivity index is 1.89. The highest BCUT2D eigenvalue weighted by Crippen LogP contribution is 2.27. The van der Waals surface area contributed by atoms with Crippen LogP contribution < -0.4 is 10.1 Å². The molecule has 0 aliphatic heterocycles. The van der Waals surface area contributed by atoms with Crippen molar-refractivity contribution in [2.45, 2.75) is 6.42 Å². The number of anilines is 1. The van der Waals surface area contributed by atoms with E-state index in [0.717, 1.165) is 28.9 Å². The topological polar surface area (TPSA) is 34.1 Å². The van der Waals surface area contributed by atoms with Gasteiger partial charge in [0.1, 0.15) is 5.75 Å². The third-order valence-electron chi connectivity index (χ3n) is 2.64. The van der Waals surface area contributed by atoms with Gasteiger partial charge in [0.05, 0.1) is 11.6 Å². The monoisotopic (exact) mass is 306 g/mol. The van der Waals surface area contributed by atoms with Crippen molar-refractivity contribution >= 4 is 21.6 Å². The van der Waals surface area contributed by atoms with Gasteiger partial charge in [-0.3, -0.25) is 4.98 Å². The summed E-state index contributed by atoms with van der Waals surface area (Å²) in [5.41, 5.74) is 2.36. The molecule has 0 amide bonds. The average Bonchev–Trinajstić information content (AvgIpc) is 2.40. The standard InChI is InChI=1S/C14H15BrN2O/c1-18-14-3-2-12(10-13(14)15)17-9-6-11-4-7-16-8-5-11/h2-5,7-8,10,17H,6,9H2,1H3. The van der Waals surface area contributed by atoms with E-state index in [-0.39, 0.29) is 0 Å². The summed E-state index contributed by atoms with van der Waals surface area (Å²) in [6.45, 7) is 0.892. The first-order chi connectivity index (χ1) is 8.79. The number of hydrogen-bond donors (Lipinski definition) is 1. The molecule has 0 unspecified atom stereocenters. The molecule has 4 heteroatoms. The third kappa shape index (κ3) is 3.47. The van der Waals surface area contributed by atoms with Gasteiger partial charge in [-0.05, 0) is 58.2 Å². The van der Waals surface area contributed by atoms with Gasteiger partial charge in [0.25, 0.3) is 0 Å². The van der Waals surface area contributed by atoms with E-state index >= 15 is 0 Å². The minimum absolute atomic E-state index is 0.842. The van der Waals surface area contributed by atoms with Gasteiger partial charge >= 0.3 is 0 Å². The van der Waals surface area contributed by atoms with E-state index in [2.05, 4.69) is 26.2 Å². The highest BCUT2D eigenvalue weighted by atomic mass is 79.9. The quantitative estimate of drug-likeness (QED) is 0.918. The van der Waals surface area contributed by atoms with Gasteiger partial charge in [0.15, 0.2) is 0 Å². The second-order valence-corrected chi connectivity index (χ2v) is 4.74. The first-order valence-corrected chi connectivity index (χ1v) is 6.55. The summed E-state index contributed by atoms with van der Waals surface area (Å²) in [5.74, 6) is 0.842. The Bertz CT molecular complexity index is 502. The molecule has 3 nitrogen and oxygen atoms in total. The van der Waals surface area contributed by atoms with Gasteiger partial charge in [0.2, 0.25) is 0 Å². The van der Waals surface area contributed by atoms with Crippen LogP contribution in [0.4, 0.5) is 5.69 Å². The Kier molecular flexibility index (Phi) is 4.59. The van der Waals surface area contributed by atoms with Crippen molar-refractivity contribution in [3.63, 3.8) is 0 Å². The van der Waals surface area contributed by atoms with Crippen LogP contribution in [0.5, 0.6) is 5.75 Å². The fraction of sp³-hybridized carbons (Fsp3) is 0.214. The second-order valence-electron chi connectivity index (χ2n) is 3.88. The zero-order valence-corrected chi connectivity index (χ0v) is 11.8. The molecule has 2 rings (SSSR count). The summed E-state index contributed by atoms with van der Waals surface area (Å²) in [6.07, 6.45) is 4.62. The van der Waals surface area contributed by atoms with Crippen molar-refractivity contribution in [1.82, 2.24) is 4.98 Å². The number of rotatable bonds is 5. The highest BCUT2D eigenvalue weighted by molar-refractivity contribution is 9.10. The van der Waals surface area contributed by atoms with Gasteiger partial charge in [-0.25, -0.2) is 0 Å². The summed E-state index contributed by atoms with van der Waals surface area (Å²) in [6, 6.07) is 10.0. The highest BCUT2D eigenvalue weighted by Gasteiger charge is 2.00. The van der Waals surface area contributed by atoms with Crippen LogP contribution in [0.1, 0.15) is 5.56 Å². The molecule has 0 saturated heterocycles. The predicted molar refractivity (Wildman–Crippen MR) is 77.1 cm³/mol. The number of methoxy groups -OCH3 is 1. The normalized spacial score (nSPS) is 10.1. The van der Waals surface area contributed by atoms with Crippen molar-refractivity contribution < 1.29 is 4.74 Å². The Morgan fingerprint density at radius 3 is 2.67 bits per heavy atom. The maximum Gasteiger partial charge on any atom is 0.133 e. The lowest BCUT2D eigenvalue weighted by Crippen LogP contribution is -2.04. The van der Waals surface area contributed by atoms with Crippen molar-refractivity contribution in [3.8, 4) is 5.75 Å². The molecule has 1 N–H and O–H groups in total. The lowest BCUT2D eigenvalue weighted by Gasteiger charge is -2.09. The molecule has 0 aliphatic carbocycles. The number of aromatic nitrogens is 1. The van der Waals surface area contributed by atoms with E-state index in [1.54, 1.807) is 7.11 Å². The van der Waals surface area contributed by atoms with Crippen LogP contribution in [0.3, 0.4) is 0 Å². The number of hydrogen-bond acceptors (Lipinski definition) is 3. The van der Waals surface area contributed by atoms with Crippen LogP contribution >= 0.6 is 15.9 Å². The summed E-state index contributed by atoms with van der Waals surface area (Å²) < 4.78 is 6.15. The third-order valence-corrected chi connectivity index (χ3v) is 3.26. The summed E-state index contributed by atoms with van der Waals surface area (Å²) >= 11 is 3.47. The van der Waals surface area contributed by atoms with Gasteiger partial charge in [-0.1, -0.05) is 0 Å². The number of nitrogens with one attached hydrogen (secondary N) is 1. The van der Waals surface area contributed by atoms with Crippen molar-refractivity contribution in [3.05, 3.63) is 52.8 Å². The number of ether oxygens (including phenoxy) is 1. The van der Waals surface area contributed by atoms with Crippen molar-refractivity contribution in [2.75, 3.05) is 19.0 Å². The van der Waals surface area contributed by atoms with Gasteiger partial charge < -0.3 is 10.1 Å². The summed E-state index contributed by atoms with van der Waals surface area (Å²) in [4.78, 5) is 4.00. The van der Waals surface area contributed by atoms with Gasteiger partial charge in [0, 0.05) is 24.6 Å². The molecule has 0 spiro atoms. The number of pyridine rings is 1. The smallest absolute Gasteiger partial charge is 0.133 e. The van der Waals surface area contributed by atoms with E-state index in [4.69, 9.17) is 4.74 Å². The molecule has 1 heterocycles. The molecular weight excluding hydrogens is 292 g/mol. The Morgan fingerprint density at radius 1 is 1.22 bits per heavy atom. The average molecular weight is 307 g/mol. The molecule has 0 radical (unpaired) electrons. The Labute approximate surface area is 115 Å². The van der Waals surface area contributed by atoms with Crippen LogP contribution in [0.2, 0.25) is 0 Å². The zero-order chi connectivity index (χ0) is 12.8. The number of halogens is 1. The molecule has 0 bridgehead atoms. The Morgan fingerprint density at radius 2 is 2.00 bits per heavy atom. The second kappa shape index (κ2) is 6.40. The first kappa shape index (κ1) is 12.9. The van der Waals surface area contributed by atoms with Crippen LogP contribution in [0.25, 0.3) is 0 Å². The molecule has 18 heavy (non-hydrogen) atoms. The lowest BCUT2D eigenvalue weighted by atomic mass is 10.2. The molecule has 0 saturated carbocycles. The van der Waals surface area contributed by atoms with E-state index in [1.807, 2.05) is 42.7 Å². The minimum Gasteiger partial charge on any atom is -0.496 e. The van der Waals surface area contributed by atoms with E-state index in [1.165, 1.54) is 5.56 Å². The van der Waals surface area contributed by atoms with Crippen LogP contribution in [-0.4, -0.2) is 18.6 Å². The molecule has 2 aromatic rings. The van der Waals surface area contributed by atoms with Crippen LogP contribution in [0, 0.1) is 0 Å². The molecule has 0 atom stereocenters. The van der Waals surface area contributed by atoms with Crippen LogP contribution in [-0.2, 0) is 6.42 Å². The van der Waals surface area contributed by atoms with Gasteiger partial charge in [-0.2, -0.15) is 0 Å². The maximum absolute atomic E-state index is 5.19. The molecule has 1 aromatic carbocycles. The van der Waals surface area contributed by atoms with Crippen LogP contribution in [0.15, 0.2) is 47.2 Å². The summed E-state index contributed by atoms with van der Waals surface area (Å²) in [5, 5.41) is 3.38. The number of nitrogens with zero attached hydrogens (tertiary/aromatic N) is 1. The maximum atomic E-state index is 5.19. The fourth-order valence-electron chi connectivity index (χ4n) is 1.68.